The molecule has 4 nitrogen and oxygen atoms in total. The molecule has 4 heteroatoms. The van der Waals surface area contributed by atoms with E-state index in [4.69, 9.17) is 4.74 Å². The minimum atomic E-state index is -0.415. The topological polar surface area (TPSA) is 35.9 Å². The average molecular weight is 304 g/mol. The van der Waals surface area contributed by atoms with Gasteiger partial charge in [-0.05, 0) is 49.1 Å². The Hall–Kier alpha value is -1.10. The number of hydrogen-bond donors (Lipinski definition) is 1. The quantitative estimate of drug-likeness (QED) is 0.865. The summed E-state index contributed by atoms with van der Waals surface area (Å²) in [5, 5.41) is 10.2. The average Bonchev–Trinajstić information content (AvgIpc) is 3.01. The summed E-state index contributed by atoms with van der Waals surface area (Å²) in [6, 6.07) is 6.36. The second-order valence-electron chi connectivity index (χ2n) is 6.48. The van der Waals surface area contributed by atoms with E-state index in [9.17, 15) is 5.11 Å². The molecule has 2 aliphatic rings. The Morgan fingerprint density at radius 3 is 2.59 bits per heavy atom. The molecule has 0 amide bonds. The molecular formula is C18H28N2O2. The van der Waals surface area contributed by atoms with Gasteiger partial charge in [-0.15, -0.1) is 0 Å². The molecule has 1 N–H and O–H groups in total. The van der Waals surface area contributed by atoms with Crippen molar-refractivity contribution in [3.05, 3.63) is 29.3 Å². The maximum absolute atomic E-state index is 10.2. The van der Waals surface area contributed by atoms with Gasteiger partial charge in [-0.2, -0.15) is 0 Å². The second kappa shape index (κ2) is 7.44. The van der Waals surface area contributed by atoms with Gasteiger partial charge in [-0.25, -0.2) is 0 Å². The molecule has 0 unspecified atom stereocenters. The van der Waals surface area contributed by atoms with Crippen molar-refractivity contribution >= 4 is 0 Å². The van der Waals surface area contributed by atoms with E-state index in [1.54, 1.807) is 0 Å². The van der Waals surface area contributed by atoms with Crippen molar-refractivity contribution in [3.8, 4) is 5.75 Å². The Morgan fingerprint density at radius 1 is 1.09 bits per heavy atom. The van der Waals surface area contributed by atoms with E-state index in [-0.39, 0.29) is 0 Å². The van der Waals surface area contributed by atoms with Crippen molar-refractivity contribution in [2.24, 2.45) is 0 Å². The van der Waals surface area contributed by atoms with Crippen molar-refractivity contribution in [1.82, 2.24) is 9.80 Å². The third-order valence-corrected chi connectivity index (χ3v) is 4.89. The minimum absolute atomic E-state index is 0.382. The first-order valence-corrected chi connectivity index (χ1v) is 8.62. The normalized spacial score (nSPS) is 20.8. The summed E-state index contributed by atoms with van der Waals surface area (Å²) in [6.07, 6.45) is 3.20. The molecule has 1 atom stereocenters. The predicted octanol–water partition coefficient (Wildman–Crippen LogP) is 1.55. The van der Waals surface area contributed by atoms with Gasteiger partial charge in [0.2, 0.25) is 0 Å². The van der Waals surface area contributed by atoms with Crippen LogP contribution in [0.2, 0.25) is 0 Å². The Bertz CT molecular complexity index is 484. The SMILES string of the molecule is CCN1CCN(C[C@@H](O)COc2ccc3c(c2)CCC3)CC1. The Morgan fingerprint density at radius 2 is 1.82 bits per heavy atom. The van der Waals surface area contributed by atoms with Crippen molar-refractivity contribution in [2.75, 3.05) is 45.9 Å². The van der Waals surface area contributed by atoms with E-state index in [1.165, 1.54) is 24.0 Å². The number of benzene rings is 1. The maximum atomic E-state index is 10.2. The zero-order valence-electron chi connectivity index (χ0n) is 13.6. The summed E-state index contributed by atoms with van der Waals surface area (Å²) < 4.78 is 5.79. The van der Waals surface area contributed by atoms with Crippen LogP contribution in [0.15, 0.2) is 18.2 Å². The number of aliphatic hydroxyl groups is 1. The zero-order chi connectivity index (χ0) is 15.4. The molecule has 1 aromatic carbocycles. The molecule has 1 heterocycles. The fourth-order valence-corrected chi connectivity index (χ4v) is 3.47. The van der Waals surface area contributed by atoms with Crippen LogP contribution in [-0.4, -0.2) is 66.9 Å². The molecule has 3 rings (SSSR count). The number of aryl methyl sites for hydroxylation is 2. The molecule has 0 spiro atoms. The van der Waals surface area contributed by atoms with Crippen LogP contribution in [-0.2, 0) is 12.8 Å². The van der Waals surface area contributed by atoms with Gasteiger partial charge >= 0.3 is 0 Å². The first-order valence-electron chi connectivity index (χ1n) is 8.62. The van der Waals surface area contributed by atoms with E-state index in [2.05, 4.69) is 28.9 Å². The van der Waals surface area contributed by atoms with Crippen molar-refractivity contribution < 1.29 is 9.84 Å². The highest BCUT2D eigenvalue weighted by Gasteiger charge is 2.18. The van der Waals surface area contributed by atoms with Gasteiger partial charge in [0.05, 0.1) is 0 Å². The molecule has 22 heavy (non-hydrogen) atoms. The molecule has 1 aliphatic heterocycles. The molecule has 0 aromatic heterocycles. The van der Waals surface area contributed by atoms with Crippen LogP contribution >= 0.6 is 0 Å². The Kier molecular flexibility index (Phi) is 5.34. The highest BCUT2D eigenvalue weighted by atomic mass is 16.5. The van der Waals surface area contributed by atoms with Gasteiger partial charge in [0.15, 0.2) is 0 Å². The maximum Gasteiger partial charge on any atom is 0.119 e. The van der Waals surface area contributed by atoms with Crippen LogP contribution < -0.4 is 4.74 Å². The number of β-amino-alcohol motifs (C(OH)–C–C–N with tert-alkyl or cyclic N) is 1. The summed E-state index contributed by atoms with van der Waals surface area (Å²) in [7, 11) is 0. The highest BCUT2D eigenvalue weighted by Crippen LogP contribution is 2.26. The number of rotatable bonds is 6. The standard InChI is InChI=1S/C18H28N2O2/c1-2-19-8-10-20(11-9-19)13-17(21)14-22-18-7-6-15-4-3-5-16(15)12-18/h6-7,12,17,21H,2-5,8-11,13-14H2,1H3/t17-/m1/s1. The first kappa shape index (κ1) is 15.8. The van der Waals surface area contributed by atoms with Gasteiger partial charge in [-0.3, -0.25) is 4.90 Å². The van der Waals surface area contributed by atoms with Gasteiger partial charge in [0.25, 0.3) is 0 Å². The molecule has 0 bridgehead atoms. The zero-order valence-corrected chi connectivity index (χ0v) is 13.6. The third kappa shape index (κ3) is 4.00. The molecule has 1 saturated heterocycles. The van der Waals surface area contributed by atoms with Crippen LogP contribution in [0.25, 0.3) is 0 Å². The van der Waals surface area contributed by atoms with Gasteiger partial charge in [0.1, 0.15) is 18.5 Å². The lowest BCUT2D eigenvalue weighted by molar-refractivity contribution is 0.0471. The number of hydrogen-bond acceptors (Lipinski definition) is 4. The number of fused-ring (bicyclic) bond motifs is 1. The number of likely N-dealkylation sites (N-methyl/N-ethyl adjacent to an activating group) is 1. The summed E-state index contributed by atoms with van der Waals surface area (Å²) in [5.41, 5.74) is 2.88. The lowest BCUT2D eigenvalue weighted by atomic mass is 10.1. The number of nitrogens with zero attached hydrogens (tertiary/aromatic N) is 2. The van der Waals surface area contributed by atoms with Crippen molar-refractivity contribution in [1.29, 1.82) is 0 Å². The van der Waals surface area contributed by atoms with E-state index in [0.717, 1.165) is 44.9 Å². The Balaban J connectivity index is 1.42. The molecule has 1 aromatic rings. The lowest BCUT2D eigenvalue weighted by Crippen LogP contribution is -2.49. The fraction of sp³-hybridized carbons (Fsp3) is 0.667. The number of ether oxygens (including phenoxy) is 1. The number of aliphatic hydroxyl groups excluding tert-OH is 1. The van der Waals surface area contributed by atoms with Gasteiger partial charge in [-0.1, -0.05) is 13.0 Å². The predicted molar refractivity (Wildman–Crippen MR) is 88.5 cm³/mol. The van der Waals surface area contributed by atoms with Crippen LogP contribution in [0.1, 0.15) is 24.5 Å². The summed E-state index contributed by atoms with van der Waals surface area (Å²) in [6.45, 7) is 8.72. The molecule has 122 valence electrons. The third-order valence-electron chi connectivity index (χ3n) is 4.89. The highest BCUT2D eigenvalue weighted by molar-refractivity contribution is 5.38. The molecule has 0 saturated carbocycles. The smallest absolute Gasteiger partial charge is 0.119 e. The molecule has 1 fully saturated rings. The van der Waals surface area contributed by atoms with Crippen LogP contribution in [0.4, 0.5) is 0 Å². The summed E-state index contributed by atoms with van der Waals surface area (Å²) >= 11 is 0. The van der Waals surface area contributed by atoms with Crippen molar-refractivity contribution in [3.63, 3.8) is 0 Å². The van der Waals surface area contributed by atoms with E-state index in [1.807, 2.05) is 6.07 Å². The van der Waals surface area contributed by atoms with E-state index >= 15 is 0 Å². The molecular weight excluding hydrogens is 276 g/mol. The van der Waals surface area contributed by atoms with Crippen molar-refractivity contribution in [2.45, 2.75) is 32.3 Å². The number of piperazine rings is 1. The van der Waals surface area contributed by atoms with Crippen LogP contribution in [0.3, 0.4) is 0 Å². The van der Waals surface area contributed by atoms with Crippen LogP contribution in [0.5, 0.6) is 5.75 Å². The minimum Gasteiger partial charge on any atom is -0.491 e. The van der Waals surface area contributed by atoms with Gasteiger partial charge in [0, 0.05) is 32.7 Å². The monoisotopic (exact) mass is 304 g/mol. The molecule has 1 aliphatic carbocycles. The fourth-order valence-electron chi connectivity index (χ4n) is 3.47. The first-order chi connectivity index (χ1) is 10.7. The lowest BCUT2D eigenvalue weighted by Gasteiger charge is -2.34. The summed E-state index contributed by atoms with van der Waals surface area (Å²) in [5.74, 6) is 0.899. The summed E-state index contributed by atoms with van der Waals surface area (Å²) in [4.78, 5) is 4.78. The van der Waals surface area contributed by atoms with E-state index < -0.39 is 6.10 Å². The van der Waals surface area contributed by atoms with Gasteiger partial charge < -0.3 is 14.7 Å². The van der Waals surface area contributed by atoms with Crippen LogP contribution in [0, 0.1) is 0 Å². The Labute approximate surface area is 133 Å². The largest absolute Gasteiger partial charge is 0.491 e. The van der Waals surface area contributed by atoms with E-state index in [0.29, 0.717) is 13.2 Å². The second-order valence-corrected chi connectivity index (χ2v) is 6.48. The molecule has 0 radical (unpaired) electrons.